The summed E-state index contributed by atoms with van der Waals surface area (Å²) in [6.45, 7) is 3.63. The highest BCUT2D eigenvalue weighted by Gasteiger charge is 2.09. The molecule has 0 aliphatic rings. The first-order chi connectivity index (χ1) is 7.50. The zero-order chi connectivity index (χ0) is 11.9. The minimum Gasteiger partial charge on any atom is -0.295 e. The fourth-order valence-electron chi connectivity index (χ4n) is 1.44. The van der Waals surface area contributed by atoms with E-state index in [4.69, 9.17) is 23.2 Å². The molecule has 0 fully saturated rings. The van der Waals surface area contributed by atoms with Gasteiger partial charge in [-0.1, -0.05) is 23.2 Å². The van der Waals surface area contributed by atoms with E-state index < -0.39 is 0 Å². The number of hydrogen-bond acceptors (Lipinski definition) is 1. The summed E-state index contributed by atoms with van der Waals surface area (Å²) in [6.07, 6.45) is 0. The number of H-pyrrole nitrogens is 1. The highest BCUT2D eigenvalue weighted by atomic mass is 35.5. The average molecular weight is 257 g/mol. The summed E-state index contributed by atoms with van der Waals surface area (Å²) in [5, 5.41) is 3.88. The first-order valence-electron chi connectivity index (χ1n) is 4.74. The summed E-state index contributed by atoms with van der Waals surface area (Å²) < 4.78 is 1.45. The topological polar surface area (TPSA) is 37.8 Å². The van der Waals surface area contributed by atoms with Crippen LogP contribution in [-0.4, -0.2) is 9.78 Å². The summed E-state index contributed by atoms with van der Waals surface area (Å²) in [4.78, 5) is 11.8. The second-order valence-electron chi connectivity index (χ2n) is 3.60. The third kappa shape index (κ3) is 1.77. The largest absolute Gasteiger partial charge is 0.295 e. The van der Waals surface area contributed by atoms with Gasteiger partial charge in [-0.15, -0.1) is 0 Å². The standard InChI is InChI=1S/C11H10Cl2N2O/c1-6-7(2)14-15(11(6)16)8-3-4-9(12)10(13)5-8/h3-5,14H,1-2H3. The van der Waals surface area contributed by atoms with Crippen molar-refractivity contribution in [3.8, 4) is 5.69 Å². The molecule has 1 aromatic heterocycles. The summed E-state index contributed by atoms with van der Waals surface area (Å²) in [6, 6.07) is 5.06. The van der Waals surface area contributed by atoms with Crippen LogP contribution in [0.2, 0.25) is 10.0 Å². The van der Waals surface area contributed by atoms with Crippen molar-refractivity contribution in [2.75, 3.05) is 0 Å². The Bertz CT molecular complexity index is 599. The molecule has 0 radical (unpaired) electrons. The van der Waals surface area contributed by atoms with Crippen LogP contribution in [0.1, 0.15) is 11.3 Å². The first-order valence-corrected chi connectivity index (χ1v) is 5.50. The minimum absolute atomic E-state index is 0.0733. The van der Waals surface area contributed by atoms with E-state index in [0.717, 1.165) is 5.69 Å². The molecule has 1 N–H and O–H groups in total. The molecule has 5 heteroatoms. The number of rotatable bonds is 1. The SMILES string of the molecule is Cc1[nH]n(-c2ccc(Cl)c(Cl)c2)c(=O)c1C. The molecule has 0 aliphatic carbocycles. The maximum Gasteiger partial charge on any atom is 0.274 e. The highest BCUT2D eigenvalue weighted by Crippen LogP contribution is 2.23. The number of hydrogen-bond donors (Lipinski definition) is 1. The molecule has 0 unspecified atom stereocenters. The van der Waals surface area contributed by atoms with E-state index in [2.05, 4.69) is 5.10 Å². The molecule has 0 saturated carbocycles. The number of benzene rings is 1. The van der Waals surface area contributed by atoms with Crippen molar-refractivity contribution in [2.45, 2.75) is 13.8 Å². The summed E-state index contributed by atoms with van der Waals surface area (Å²) in [5.74, 6) is 0. The highest BCUT2D eigenvalue weighted by molar-refractivity contribution is 6.42. The Morgan fingerprint density at radius 3 is 2.38 bits per heavy atom. The van der Waals surface area contributed by atoms with Gasteiger partial charge in [-0.3, -0.25) is 9.89 Å². The molecule has 0 aliphatic heterocycles. The van der Waals surface area contributed by atoms with E-state index in [0.29, 0.717) is 21.3 Å². The molecule has 1 heterocycles. The molecule has 1 aromatic carbocycles. The third-order valence-corrected chi connectivity index (χ3v) is 3.27. The van der Waals surface area contributed by atoms with Crippen molar-refractivity contribution >= 4 is 23.2 Å². The molecule has 0 spiro atoms. The van der Waals surface area contributed by atoms with Crippen molar-refractivity contribution in [3.05, 3.63) is 49.9 Å². The van der Waals surface area contributed by atoms with Gasteiger partial charge in [0.15, 0.2) is 0 Å². The van der Waals surface area contributed by atoms with Crippen LogP contribution in [0.4, 0.5) is 0 Å². The number of aromatic nitrogens is 2. The second-order valence-corrected chi connectivity index (χ2v) is 4.42. The molecule has 2 aromatic rings. The number of aromatic amines is 1. The molecule has 0 atom stereocenters. The Morgan fingerprint density at radius 1 is 1.19 bits per heavy atom. The molecule has 84 valence electrons. The van der Waals surface area contributed by atoms with Gasteiger partial charge < -0.3 is 0 Å². The Balaban J connectivity index is 2.63. The fourth-order valence-corrected chi connectivity index (χ4v) is 1.73. The maximum atomic E-state index is 11.8. The van der Waals surface area contributed by atoms with Crippen molar-refractivity contribution in [1.82, 2.24) is 9.78 Å². The normalized spacial score (nSPS) is 10.8. The zero-order valence-corrected chi connectivity index (χ0v) is 10.4. The fraction of sp³-hybridized carbons (Fsp3) is 0.182. The van der Waals surface area contributed by atoms with Crippen LogP contribution in [0.3, 0.4) is 0 Å². The number of nitrogens with zero attached hydrogens (tertiary/aromatic N) is 1. The van der Waals surface area contributed by atoms with E-state index in [-0.39, 0.29) is 5.56 Å². The maximum absolute atomic E-state index is 11.8. The van der Waals surface area contributed by atoms with E-state index in [1.807, 2.05) is 6.92 Å². The van der Waals surface area contributed by atoms with Crippen LogP contribution < -0.4 is 5.56 Å². The number of nitrogens with one attached hydrogen (secondary N) is 1. The summed E-state index contributed by atoms with van der Waals surface area (Å²) in [5.41, 5.74) is 2.15. The van der Waals surface area contributed by atoms with Crippen LogP contribution in [0, 0.1) is 13.8 Å². The quantitative estimate of drug-likeness (QED) is 0.837. The Labute approximate surface area is 103 Å². The third-order valence-electron chi connectivity index (χ3n) is 2.53. The van der Waals surface area contributed by atoms with Crippen LogP contribution in [0.15, 0.2) is 23.0 Å². The van der Waals surface area contributed by atoms with Gasteiger partial charge in [0.2, 0.25) is 0 Å². The predicted molar refractivity (Wildman–Crippen MR) is 65.9 cm³/mol. The van der Waals surface area contributed by atoms with Crippen LogP contribution in [0.5, 0.6) is 0 Å². The lowest BCUT2D eigenvalue weighted by atomic mass is 10.3. The smallest absolute Gasteiger partial charge is 0.274 e. The number of halogens is 2. The zero-order valence-electron chi connectivity index (χ0n) is 8.84. The van der Waals surface area contributed by atoms with Gasteiger partial charge in [-0.05, 0) is 32.0 Å². The van der Waals surface area contributed by atoms with Crippen molar-refractivity contribution in [3.63, 3.8) is 0 Å². The van der Waals surface area contributed by atoms with Gasteiger partial charge in [-0.2, -0.15) is 0 Å². The van der Waals surface area contributed by atoms with Crippen molar-refractivity contribution < 1.29 is 0 Å². The molecular weight excluding hydrogens is 247 g/mol. The summed E-state index contributed by atoms with van der Waals surface area (Å²) >= 11 is 11.7. The van der Waals surface area contributed by atoms with Crippen LogP contribution >= 0.6 is 23.2 Å². The molecular formula is C11H10Cl2N2O. The monoisotopic (exact) mass is 256 g/mol. The molecule has 0 bridgehead atoms. The lowest BCUT2D eigenvalue weighted by Gasteiger charge is -2.03. The lowest BCUT2D eigenvalue weighted by Crippen LogP contribution is -2.15. The van der Waals surface area contributed by atoms with Crippen LogP contribution in [-0.2, 0) is 0 Å². The van der Waals surface area contributed by atoms with Crippen molar-refractivity contribution in [1.29, 1.82) is 0 Å². The number of aryl methyl sites for hydroxylation is 1. The molecule has 3 nitrogen and oxygen atoms in total. The van der Waals surface area contributed by atoms with Gasteiger partial charge in [0.1, 0.15) is 0 Å². The van der Waals surface area contributed by atoms with Gasteiger partial charge in [0, 0.05) is 11.3 Å². The second kappa shape index (κ2) is 4.00. The van der Waals surface area contributed by atoms with Gasteiger partial charge >= 0.3 is 0 Å². The molecule has 16 heavy (non-hydrogen) atoms. The Hall–Kier alpha value is -1.19. The molecule has 0 saturated heterocycles. The van der Waals surface area contributed by atoms with E-state index in [9.17, 15) is 4.79 Å². The first kappa shape index (κ1) is 11.3. The Kier molecular flexibility index (Phi) is 2.82. The van der Waals surface area contributed by atoms with Gasteiger partial charge in [0.05, 0.1) is 15.7 Å². The lowest BCUT2D eigenvalue weighted by molar-refractivity contribution is 0.835. The molecule has 2 rings (SSSR count). The van der Waals surface area contributed by atoms with E-state index >= 15 is 0 Å². The van der Waals surface area contributed by atoms with Crippen LogP contribution in [0.25, 0.3) is 5.69 Å². The van der Waals surface area contributed by atoms with E-state index in [1.165, 1.54) is 4.68 Å². The van der Waals surface area contributed by atoms with Gasteiger partial charge in [-0.25, -0.2) is 4.68 Å². The molecule has 0 amide bonds. The summed E-state index contributed by atoms with van der Waals surface area (Å²) in [7, 11) is 0. The van der Waals surface area contributed by atoms with E-state index in [1.54, 1.807) is 25.1 Å². The minimum atomic E-state index is -0.0733. The van der Waals surface area contributed by atoms with Crippen molar-refractivity contribution in [2.24, 2.45) is 0 Å². The predicted octanol–water partition coefficient (Wildman–Crippen LogP) is 3.09. The Morgan fingerprint density at radius 2 is 1.88 bits per heavy atom. The average Bonchev–Trinajstić information content (AvgIpc) is 2.50. The van der Waals surface area contributed by atoms with Gasteiger partial charge in [0.25, 0.3) is 5.56 Å².